The molecule has 2 N–H and O–H groups in total. The van der Waals surface area contributed by atoms with E-state index in [4.69, 9.17) is 4.74 Å². The Balaban J connectivity index is 3.12. The van der Waals surface area contributed by atoms with Gasteiger partial charge < -0.3 is 15.2 Å². The summed E-state index contributed by atoms with van der Waals surface area (Å²) in [5, 5.41) is 13.3. The van der Waals surface area contributed by atoms with Gasteiger partial charge in [0, 0.05) is 13.2 Å². The molecule has 0 aromatic rings. The first-order valence-electron chi connectivity index (χ1n) is 12.7. The molecule has 1 atom stereocenters. The predicted octanol–water partition coefficient (Wildman–Crippen LogP) is 7.04. The van der Waals surface area contributed by atoms with Crippen LogP contribution < -0.4 is 5.32 Å². The summed E-state index contributed by atoms with van der Waals surface area (Å²) in [6, 6.07) is 0. The number of hydrogen-bond acceptors (Lipinski definition) is 3. The summed E-state index contributed by atoms with van der Waals surface area (Å²) in [5.74, 6) is 0.875. The van der Waals surface area contributed by atoms with Crippen LogP contribution in [0, 0.1) is 5.92 Å². The Hall–Kier alpha value is -0.380. The number of ether oxygens (including phenoxy) is 1. The van der Waals surface area contributed by atoms with Crippen molar-refractivity contribution in [1.82, 2.24) is 5.32 Å². The number of aliphatic hydroxyl groups is 1. The van der Waals surface area contributed by atoms with Crippen molar-refractivity contribution in [2.24, 2.45) is 5.92 Å². The van der Waals surface area contributed by atoms with Crippen LogP contribution >= 0.6 is 0 Å². The van der Waals surface area contributed by atoms with E-state index in [0.29, 0.717) is 13.2 Å². The maximum absolute atomic E-state index is 10.00. The van der Waals surface area contributed by atoms with E-state index in [1.807, 2.05) is 0 Å². The third kappa shape index (κ3) is 25.6. The van der Waals surface area contributed by atoms with Crippen molar-refractivity contribution in [2.45, 2.75) is 123 Å². The SMILES string of the molecule is C=CCOCCCNCC(O)CCCCCCCCCCCCCCCC(C)C. The van der Waals surface area contributed by atoms with Gasteiger partial charge >= 0.3 is 0 Å². The van der Waals surface area contributed by atoms with E-state index in [9.17, 15) is 5.11 Å². The Labute approximate surface area is 183 Å². The molecule has 0 saturated carbocycles. The number of rotatable bonds is 24. The first kappa shape index (κ1) is 28.6. The Kier molecular flexibility index (Phi) is 23.6. The molecule has 0 aromatic heterocycles. The van der Waals surface area contributed by atoms with Gasteiger partial charge in [0.2, 0.25) is 0 Å². The Morgan fingerprint density at radius 2 is 1.24 bits per heavy atom. The topological polar surface area (TPSA) is 41.5 Å². The average molecular weight is 412 g/mol. The number of aliphatic hydroxyl groups excluding tert-OH is 1. The number of unbranched alkanes of at least 4 members (excludes halogenated alkanes) is 12. The van der Waals surface area contributed by atoms with Gasteiger partial charge in [-0.2, -0.15) is 0 Å². The van der Waals surface area contributed by atoms with E-state index < -0.39 is 0 Å². The standard InChI is InChI=1S/C26H53NO2/c1-4-22-29-23-18-21-27-24-26(28)20-17-15-13-11-9-7-5-6-8-10-12-14-16-19-25(2)3/h4,25-28H,1,5-24H2,2-3H3. The van der Waals surface area contributed by atoms with Crippen molar-refractivity contribution in [3.05, 3.63) is 12.7 Å². The molecule has 0 aromatic carbocycles. The van der Waals surface area contributed by atoms with E-state index in [-0.39, 0.29) is 6.10 Å². The van der Waals surface area contributed by atoms with Crippen LogP contribution in [0.4, 0.5) is 0 Å². The molecule has 3 heteroatoms. The largest absolute Gasteiger partial charge is 0.392 e. The fourth-order valence-electron chi connectivity index (χ4n) is 3.71. The van der Waals surface area contributed by atoms with Gasteiger partial charge in [0.15, 0.2) is 0 Å². The molecule has 1 unspecified atom stereocenters. The van der Waals surface area contributed by atoms with Crippen LogP contribution in [0.25, 0.3) is 0 Å². The van der Waals surface area contributed by atoms with Crippen LogP contribution in [-0.4, -0.2) is 37.5 Å². The van der Waals surface area contributed by atoms with Gasteiger partial charge in [0.05, 0.1) is 12.7 Å². The molecule has 0 aliphatic carbocycles. The third-order valence-corrected chi connectivity index (χ3v) is 5.58. The zero-order chi connectivity index (χ0) is 21.4. The molecule has 29 heavy (non-hydrogen) atoms. The van der Waals surface area contributed by atoms with E-state index in [2.05, 4.69) is 25.7 Å². The van der Waals surface area contributed by atoms with Crippen LogP contribution in [0.5, 0.6) is 0 Å². The Morgan fingerprint density at radius 1 is 0.759 bits per heavy atom. The van der Waals surface area contributed by atoms with Gasteiger partial charge in [-0.25, -0.2) is 0 Å². The Morgan fingerprint density at radius 3 is 1.72 bits per heavy atom. The minimum Gasteiger partial charge on any atom is -0.392 e. The molecule has 0 rings (SSSR count). The van der Waals surface area contributed by atoms with Gasteiger partial charge in [0.1, 0.15) is 0 Å². The lowest BCUT2D eigenvalue weighted by Crippen LogP contribution is -2.28. The summed E-state index contributed by atoms with van der Waals surface area (Å²) in [7, 11) is 0. The molecule has 3 nitrogen and oxygen atoms in total. The van der Waals surface area contributed by atoms with E-state index >= 15 is 0 Å². The molecular weight excluding hydrogens is 358 g/mol. The third-order valence-electron chi connectivity index (χ3n) is 5.58. The molecule has 0 radical (unpaired) electrons. The van der Waals surface area contributed by atoms with Gasteiger partial charge in [-0.15, -0.1) is 6.58 Å². The second kappa shape index (κ2) is 23.9. The highest BCUT2D eigenvalue weighted by molar-refractivity contribution is 4.64. The van der Waals surface area contributed by atoms with Crippen LogP contribution in [0.15, 0.2) is 12.7 Å². The van der Waals surface area contributed by atoms with Crippen LogP contribution in [0.3, 0.4) is 0 Å². The zero-order valence-electron chi connectivity index (χ0n) is 19.9. The molecule has 0 saturated heterocycles. The van der Waals surface area contributed by atoms with Crippen LogP contribution in [0.1, 0.15) is 117 Å². The molecular formula is C26H53NO2. The van der Waals surface area contributed by atoms with Crippen LogP contribution in [0.2, 0.25) is 0 Å². The van der Waals surface area contributed by atoms with Crippen molar-refractivity contribution in [3.8, 4) is 0 Å². The van der Waals surface area contributed by atoms with Gasteiger partial charge in [-0.05, 0) is 25.3 Å². The smallest absolute Gasteiger partial charge is 0.0664 e. The summed E-state index contributed by atoms with van der Waals surface area (Å²) in [4.78, 5) is 0. The van der Waals surface area contributed by atoms with Crippen molar-refractivity contribution in [2.75, 3.05) is 26.3 Å². The fraction of sp³-hybridized carbons (Fsp3) is 0.923. The lowest BCUT2D eigenvalue weighted by molar-refractivity contribution is 0.146. The average Bonchev–Trinajstić information content (AvgIpc) is 2.70. The molecule has 0 amide bonds. The predicted molar refractivity (Wildman–Crippen MR) is 129 cm³/mol. The van der Waals surface area contributed by atoms with Gasteiger partial charge in [-0.1, -0.05) is 110 Å². The first-order chi connectivity index (χ1) is 14.2. The summed E-state index contributed by atoms with van der Waals surface area (Å²) in [5.41, 5.74) is 0. The fourth-order valence-corrected chi connectivity index (χ4v) is 3.71. The normalized spacial score (nSPS) is 12.6. The van der Waals surface area contributed by atoms with Crippen molar-refractivity contribution in [1.29, 1.82) is 0 Å². The summed E-state index contributed by atoms with van der Waals surface area (Å²) < 4.78 is 5.33. The summed E-state index contributed by atoms with van der Waals surface area (Å²) in [6.45, 7) is 11.3. The molecule has 0 aliphatic rings. The highest BCUT2D eigenvalue weighted by Gasteiger charge is 2.03. The molecule has 0 heterocycles. The van der Waals surface area contributed by atoms with Crippen LogP contribution in [-0.2, 0) is 4.74 Å². The molecule has 0 fully saturated rings. The molecule has 0 bridgehead atoms. The first-order valence-corrected chi connectivity index (χ1v) is 12.7. The number of nitrogens with one attached hydrogen (secondary N) is 1. The van der Waals surface area contributed by atoms with Crippen molar-refractivity contribution >= 4 is 0 Å². The minimum absolute atomic E-state index is 0.200. The van der Waals surface area contributed by atoms with Gasteiger partial charge in [0.25, 0.3) is 0 Å². The second-order valence-corrected chi connectivity index (χ2v) is 9.14. The van der Waals surface area contributed by atoms with E-state index in [1.54, 1.807) is 6.08 Å². The molecule has 174 valence electrons. The lowest BCUT2D eigenvalue weighted by Gasteiger charge is -2.11. The second-order valence-electron chi connectivity index (χ2n) is 9.14. The molecule has 0 aliphatic heterocycles. The number of hydrogen-bond donors (Lipinski definition) is 2. The highest BCUT2D eigenvalue weighted by atomic mass is 16.5. The zero-order valence-corrected chi connectivity index (χ0v) is 19.9. The van der Waals surface area contributed by atoms with Gasteiger partial charge in [-0.3, -0.25) is 0 Å². The molecule has 0 spiro atoms. The summed E-state index contributed by atoms with van der Waals surface area (Å²) in [6.07, 6.45) is 22.9. The lowest BCUT2D eigenvalue weighted by atomic mass is 10.0. The van der Waals surface area contributed by atoms with E-state index in [1.165, 1.54) is 83.5 Å². The van der Waals surface area contributed by atoms with E-state index in [0.717, 1.165) is 38.3 Å². The quantitative estimate of drug-likeness (QED) is 0.132. The Bertz CT molecular complexity index is 320. The maximum Gasteiger partial charge on any atom is 0.0664 e. The monoisotopic (exact) mass is 411 g/mol. The highest BCUT2D eigenvalue weighted by Crippen LogP contribution is 2.14. The summed E-state index contributed by atoms with van der Waals surface area (Å²) >= 11 is 0. The maximum atomic E-state index is 10.00. The van der Waals surface area contributed by atoms with Crippen molar-refractivity contribution < 1.29 is 9.84 Å². The van der Waals surface area contributed by atoms with Crippen molar-refractivity contribution in [3.63, 3.8) is 0 Å². The minimum atomic E-state index is -0.200.